The molecule has 2 aromatic heterocycles. The maximum Gasteiger partial charge on any atom is 0.410 e. The van der Waals surface area contributed by atoms with Crippen LogP contribution in [-0.2, 0) is 20.7 Å². The largest absolute Gasteiger partial charge is 0.444 e. The van der Waals surface area contributed by atoms with Crippen LogP contribution in [0.5, 0.6) is 0 Å². The molecule has 0 spiro atoms. The molecular formula is C50H64ClFN8O7. The number of amides is 3. The molecule has 4 heterocycles. The van der Waals surface area contributed by atoms with Gasteiger partial charge >= 0.3 is 12.2 Å². The first kappa shape index (κ1) is 50.1. The highest BCUT2D eigenvalue weighted by atomic mass is 35.5. The summed E-state index contributed by atoms with van der Waals surface area (Å²) in [7, 11) is 0. The maximum absolute atomic E-state index is 13.9. The van der Waals surface area contributed by atoms with Crippen molar-refractivity contribution in [2.75, 3.05) is 47.9 Å². The second kappa shape index (κ2) is 20.7. The van der Waals surface area contributed by atoms with Crippen molar-refractivity contribution >= 4 is 52.4 Å². The molecule has 0 radical (unpaired) electrons. The Hall–Kier alpha value is -6.29. The van der Waals surface area contributed by atoms with Crippen molar-refractivity contribution < 1.29 is 37.3 Å². The van der Waals surface area contributed by atoms with E-state index in [1.807, 2.05) is 106 Å². The van der Waals surface area contributed by atoms with Crippen molar-refractivity contribution in [2.24, 2.45) is 5.92 Å². The third kappa shape index (κ3) is 13.2. The van der Waals surface area contributed by atoms with Crippen LogP contribution in [0, 0.1) is 39.4 Å². The average molecular weight is 944 g/mol. The summed E-state index contributed by atoms with van der Waals surface area (Å²) in [6.45, 7) is 22.8. The topological polar surface area (TPSA) is 190 Å². The number of carbonyl (C=O) groups excluding carboxylic acids is 3. The van der Waals surface area contributed by atoms with E-state index in [1.165, 1.54) is 12.1 Å². The van der Waals surface area contributed by atoms with E-state index < -0.39 is 22.9 Å². The molecular weight excluding hydrogens is 879 g/mol. The smallest absolute Gasteiger partial charge is 0.410 e. The van der Waals surface area contributed by atoms with Crippen molar-refractivity contribution in [3.8, 4) is 22.3 Å². The molecule has 67 heavy (non-hydrogen) atoms. The molecule has 0 aliphatic carbocycles. The van der Waals surface area contributed by atoms with Crippen LogP contribution in [0.15, 0.2) is 63.6 Å². The first-order valence-corrected chi connectivity index (χ1v) is 23.0. The Balaban J connectivity index is 0.000000238. The highest BCUT2D eigenvalue weighted by Crippen LogP contribution is 2.35. The summed E-state index contributed by atoms with van der Waals surface area (Å²) in [5.74, 6) is 0.289. The van der Waals surface area contributed by atoms with Crippen molar-refractivity contribution in [1.82, 2.24) is 20.1 Å². The molecule has 0 saturated carbocycles. The zero-order valence-corrected chi connectivity index (χ0v) is 41.1. The number of aromatic nitrogens is 2. The van der Waals surface area contributed by atoms with Crippen LogP contribution in [0.3, 0.4) is 0 Å². The third-order valence-corrected chi connectivity index (χ3v) is 11.7. The van der Waals surface area contributed by atoms with Gasteiger partial charge in [0.15, 0.2) is 0 Å². The van der Waals surface area contributed by atoms with Gasteiger partial charge in [0.05, 0.1) is 39.2 Å². The number of hydrogen-bond donors (Lipinski definition) is 4. The lowest BCUT2D eigenvalue weighted by atomic mass is 9.99. The van der Waals surface area contributed by atoms with Gasteiger partial charge in [-0.15, -0.1) is 0 Å². The second-order valence-electron chi connectivity index (χ2n) is 19.4. The number of ether oxygens (including phenoxy) is 2. The Morgan fingerprint density at radius 3 is 1.72 bits per heavy atom. The molecule has 2 saturated heterocycles. The number of likely N-dealkylation sites (tertiary alicyclic amines) is 2. The quantitative estimate of drug-likeness (QED) is 0.0971. The van der Waals surface area contributed by atoms with Crippen LogP contribution < -0.4 is 21.7 Å². The van der Waals surface area contributed by atoms with Crippen LogP contribution in [0.25, 0.3) is 22.3 Å². The Bertz CT molecular complexity index is 2540. The van der Waals surface area contributed by atoms with Gasteiger partial charge in [0.25, 0.3) is 0 Å². The summed E-state index contributed by atoms with van der Waals surface area (Å²) in [6, 6.07) is 16.3. The zero-order valence-electron chi connectivity index (χ0n) is 40.4. The molecule has 0 bridgehead atoms. The number of nitrogen functional groups attached to an aromatic ring is 1. The summed E-state index contributed by atoms with van der Waals surface area (Å²) < 4.78 is 35.5. The summed E-state index contributed by atoms with van der Waals surface area (Å²) in [4.78, 5) is 41.5. The standard InChI is InChI=1S/C30H36ClFN4O4.C20H28N4O3/c1-17(13-20-7-9-23(31)24(32)14-20)28(37)34-26-15-21(27-18(2)35-40-19(27)3)8-10-25(26)33-22-11-12-36(16-22)29(38)39-30(4,5)6;1-12-18(13(2)27-23-12)14-6-7-17(16(21)10-14)22-15-8-9-24(11-15)19(25)26-20(3,4)5/h7-10,14-15,17,22,33H,11-13,16H2,1-6H3,(H,34,37);6-7,10,15,22H,8-9,11,21H2,1-5H3/t17-,22+;15-/m10/s1. The number of nitrogens with zero attached hydrogens (tertiary/aromatic N) is 4. The molecule has 5 N–H and O–H groups in total. The van der Waals surface area contributed by atoms with Crippen molar-refractivity contribution in [2.45, 2.75) is 119 Å². The number of anilines is 4. The van der Waals surface area contributed by atoms with E-state index in [1.54, 1.807) is 22.8 Å². The van der Waals surface area contributed by atoms with Gasteiger partial charge in [-0.25, -0.2) is 14.0 Å². The molecule has 3 atom stereocenters. The summed E-state index contributed by atoms with van der Waals surface area (Å²) in [5, 5.41) is 18.1. The number of nitrogens with two attached hydrogens (primary N) is 1. The summed E-state index contributed by atoms with van der Waals surface area (Å²) in [5.41, 5.74) is 14.0. The number of carbonyl (C=O) groups is 3. The number of halogens is 2. The number of nitrogens with one attached hydrogen (secondary N) is 3. The highest BCUT2D eigenvalue weighted by Gasteiger charge is 2.32. The van der Waals surface area contributed by atoms with E-state index >= 15 is 0 Å². The molecule has 360 valence electrons. The fourth-order valence-electron chi connectivity index (χ4n) is 8.12. The SMILES string of the molecule is Cc1noc(C)c1-c1ccc(N[C@H]2CCN(C(=O)OC(C)(C)C)C2)c(N)c1.Cc1noc(C)c1-c1ccc(N[C@H]2CCN(C(=O)OC(C)(C)C)C2)c(NC(=O)[C@H](C)Cc2ccc(Cl)c(F)c2)c1. The molecule has 0 unspecified atom stereocenters. The van der Waals surface area contributed by atoms with Crippen LogP contribution >= 0.6 is 11.6 Å². The molecule has 7 rings (SSSR count). The molecule has 3 amide bonds. The maximum atomic E-state index is 13.9. The van der Waals surface area contributed by atoms with E-state index in [-0.39, 0.29) is 35.2 Å². The molecule has 15 nitrogen and oxygen atoms in total. The Morgan fingerprint density at radius 1 is 0.761 bits per heavy atom. The minimum Gasteiger partial charge on any atom is -0.444 e. The Kier molecular flexibility index (Phi) is 15.5. The monoisotopic (exact) mass is 942 g/mol. The van der Waals surface area contributed by atoms with Gasteiger partial charge in [0.1, 0.15) is 28.5 Å². The van der Waals surface area contributed by atoms with E-state index in [4.69, 9.17) is 35.9 Å². The van der Waals surface area contributed by atoms with E-state index in [9.17, 15) is 18.8 Å². The summed E-state index contributed by atoms with van der Waals surface area (Å²) >= 11 is 5.81. The van der Waals surface area contributed by atoms with Gasteiger partial charge < -0.3 is 50.0 Å². The number of hydrogen-bond acceptors (Lipinski definition) is 12. The first-order valence-electron chi connectivity index (χ1n) is 22.6. The number of aryl methyl sites for hydroxylation is 4. The lowest BCUT2D eigenvalue weighted by Gasteiger charge is -2.25. The van der Waals surface area contributed by atoms with Gasteiger partial charge in [-0.2, -0.15) is 0 Å². The fraction of sp³-hybridized carbons (Fsp3) is 0.460. The lowest BCUT2D eigenvalue weighted by molar-refractivity contribution is -0.119. The Morgan fingerprint density at radius 2 is 1.25 bits per heavy atom. The molecule has 2 aliphatic heterocycles. The molecule has 2 fully saturated rings. The molecule has 5 aromatic rings. The van der Waals surface area contributed by atoms with Crippen molar-refractivity contribution in [3.05, 3.63) is 93.9 Å². The van der Waals surface area contributed by atoms with E-state index in [0.717, 1.165) is 63.6 Å². The first-order chi connectivity index (χ1) is 31.4. The van der Waals surface area contributed by atoms with Gasteiger partial charge in [-0.1, -0.05) is 47.0 Å². The number of benzene rings is 3. The van der Waals surface area contributed by atoms with Crippen molar-refractivity contribution in [3.63, 3.8) is 0 Å². The molecule has 3 aromatic carbocycles. The van der Waals surface area contributed by atoms with E-state index in [2.05, 4.69) is 26.3 Å². The van der Waals surface area contributed by atoms with Crippen LogP contribution in [0.1, 0.15) is 89.8 Å². The van der Waals surface area contributed by atoms with Gasteiger partial charge in [0, 0.05) is 55.3 Å². The normalized spacial score (nSPS) is 16.6. The summed E-state index contributed by atoms with van der Waals surface area (Å²) in [6.07, 6.45) is 1.32. The van der Waals surface area contributed by atoms with Crippen LogP contribution in [0.4, 0.5) is 36.7 Å². The fourth-order valence-corrected chi connectivity index (χ4v) is 8.24. The number of rotatable bonds is 10. The van der Waals surface area contributed by atoms with Gasteiger partial charge in [-0.05, 0) is 142 Å². The molecule has 17 heteroatoms. The van der Waals surface area contributed by atoms with Crippen LogP contribution in [0.2, 0.25) is 5.02 Å². The van der Waals surface area contributed by atoms with Gasteiger partial charge in [-0.3, -0.25) is 4.79 Å². The lowest BCUT2D eigenvalue weighted by Crippen LogP contribution is -2.36. The van der Waals surface area contributed by atoms with Crippen LogP contribution in [-0.4, -0.2) is 87.7 Å². The highest BCUT2D eigenvalue weighted by molar-refractivity contribution is 6.30. The average Bonchev–Trinajstić information content (AvgIpc) is 4.05. The van der Waals surface area contributed by atoms with E-state index in [0.29, 0.717) is 55.3 Å². The zero-order chi connectivity index (χ0) is 49.0. The minimum atomic E-state index is -0.567. The minimum absolute atomic E-state index is 0.0254. The van der Waals surface area contributed by atoms with Crippen molar-refractivity contribution in [1.29, 1.82) is 0 Å². The third-order valence-electron chi connectivity index (χ3n) is 11.3. The predicted molar refractivity (Wildman–Crippen MR) is 260 cm³/mol. The Labute approximate surface area is 397 Å². The predicted octanol–water partition coefficient (Wildman–Crippen LogP) is 11.0. The molecule has 2 aliphatic rings. The second-order valence-corrected chi connectivity index (χ2v) is 19.8. The van der Waals surface area contributed by atoms with Gasteiger partial charge in [0.2, 0.25) is 5.91 Å².